The Morgan fingerprint density at radius 3 is 2.94 bits per heavy atom. The van der Waals surface area contributed by atoms with Crippen LogP contribution in [-0.4, -0.2) is 37.3 Å². The van der Waals surface area contributed by atoms with Crippen molar-refractivity contribution in [2.45, 2.75) is 11.0 Å². The van der Waals surface area contributed by atoms with Crippen LogP contribution in [0.25, 0.3) is 0 Å². The summed E-state index contributed by atoms with van der Waals surface area (Å²) in [5, 5.41) is 9.36. The van der Waals surface area contributed by atoms with Gasteiger partial charge >= 0.3 is 0 Å². The van der Waals surface area contributed by atoms with Crippen molar-refractivity contribution in [1.29, 1.82) is 0 Å². The highest BCUT2D eigenvalue weighted by atomic mass is 32.2. The number of hydrogen-bond acceptors (Lipinski definition) is 4. The van der Waals surface area contributed by atoms with Crippen LogP contribution < -0.4 is 4.74 Å². The van der Waals surface area contributed by atoms with Gasteiger partial charge in [0.2, 0.25) is 0 Å². The Hall–Kier alpha value is -1.15. The summed E-state index contributed by atoms with van der Waals surface area (Å²) in [6.07, 6.45) is 0. The summed E-state index contributed by atoms with van der Waals surface area (Å²) < 4.78 is 10.4. The lowest BCUT2D eigenvalue weighted by atomic mass is 10.1. The molecule has 1 N–H and O–H groups in total. The van der Waals surface area contributed by atoms with Crippen molar-refractivity contribution >= 4 is 11.8 Å². The molecule has 0 aromatic heterocycles. The molecule has 0 saturated carbocycles. The van der Waals surface area contributed by atoms with Crippen LogP contribution in [0.4, 0.5) is 0 Å². The number of benzene rings is 1. The van der Waals surface area contributed by atoms with Gasteiger partial charge in [-0.25, -0.2) is 0 Å². The van der Waals surface area contributed by atoms with E-state index in [0.29, 0.717) is 5.25 Å². The van der Waals surface area contributed by atoms with E-state index in [-0.39, 0.29) is 6.61 Å². The number of aliphatic hydroxyl groups excluding tert-OH is 1. The Kier molecular flexibility index (Phi) is 4.94. The second-order valence-electron chi connectivity index (χ2n) is 3.95. The van der Waals surface area contributed by atoms with Crippen LogP contribution in [-0.2, 0) is 10.5 Å². The number of hydrogen-bond donors (Lipinski definition) is 1. The molecular weight excluding hydrogens is 248 g/mol. The van der Waals surface area contributed by atoms with E-state index in [9.17, 15) is 0 Å². The van der Waals surface area contributed by atoms with Crippen molar-refractivity contribution in [3.8, 4) is 17.6 Å². The van der Waals surface area contributed by atoms with Crippen molar-refractivity contribution in [2.75, 3.05) is 26.9 Å². The zero-order valence-corrected chi connectivity index (χ0v) is 11.1. The molecule has 0 amide bonds. The van der Waals surface area contributed by atoms with E-state index in [1.54, 1.807) is 7.11 Å². The predicted octanol–water partition coefficient (Wildman–Crippen LogP) is 1.67. The van der Waals surface area contributed by atoms with E-state index in [0.717, 1.165) is 35.8 Å². The van der Waals surface area contributed by atoms with Crippen LogP contribution in [0, 0.1) is 11.8 Å². The Bertz CT molecular complexity index is 458. The molecule has 18 heavy (non-hydrogen) atoms. The lowest BCUT2D eigenvalue weighted by molar-refractivity contribution is 0.0455. The highest BCUT2D eigenvalue weighted by Crippen LogP contribution is 2.27. The topological polar surface area (TPSA) is 38.7 Å². The first-order valence-corrected chi connectivity index (χ1v) is 6.84. The van der Waals surface area contributed by atoms with Gasteiger partial charge in [-0.1, -0.05) is 11.8 Å². The predicted molar refractivity (Wildman–Crippen MR) is 72.9 cm³/mol. The van der Waals surface area contributed by atoms with E-state index >= 15 is 0 Å². The standard InChI is InChI=1S/C14H16O3S/c1-16-13-5-4-11(3-2-6-15)12(7-13)10-18-14-8-17-9-14/h4-5,7,14-15H,6,8-10H2,1H3. The highest BCUT2D eigenvalue weighted by Gasteiger charge is 2.19. The molecule has 0 atom stereocenters. The highest BCUT2D eigenvalue weighted by molar-refractivity contribution is 7.99. The molecule has 96 valence electrons. The van der Waals surface area contributed by atoms with E-state index in [1.807, 2.05) is 30.0 Å². The van der Waals surface area contributed by atoms with Crippen molar-refractivity contribution < 1.29 is 14.6 Å². The molecule has 1 fully saturated rings. The van der Waals surface area contributed by atoms with Crippen molar-refractivity contribution in [3.63, 3.8) is 0 Å². The summed E-state index contributed by atoms with van der Waals surface area (Å²) in [5.41, 5.74) is 2.10. The third kappa shape index (κ3) is 3.42. The van der Waals surface area contributed by atoms with Gasteiger partial charge < -0.3 is 14.6 Å². The molecule has 1 aromatic rings. The normalized spacial score (nSPS) is 14.6. The number of ether oxygens (including phenoxy) is 2. The zero-order chi connectivity index (χ0) is 12.8. The van der Waals surface area contributed by atoms with E-state index in [1.165, 1.54) is 0 Å². The van der Waals surface area contributed by atoms with Crippen molar-refractivity contribution in [1.82, 2.24) is 0 Å². The Balaban J connectivity index is 2.11. The second-order valence-corrected chi connectivity index (χ2v) is 5.24. The largest absolute Gasteiger partial charge is 0.497 e. The third-order valence-corrected chi connectivity index (χ3v) is 3.92. The van der Waals surface area contributed by atoms with Gasteiger partial charge in [0.05, 0.1) is 25.6 Å². The maximum atomic E-state index is 8.76. The molecule has 0 spiro atoms. The fraction of sp³-hybridized carbons (Fsp3) is 0.429. The van der Waals surface area contributed by atoms with Crippen LogP contribution in [0.2, 0.25) is 0 Å². The first-order valence-electron chi connectivity index (χ1n) is 5.79. The van der Waals surface area contributed by atoms with Gasteiger partial charge in [0.15, 0.2) is 0 Å². The van der Waals surface area contributed by atoms with Crippen LogP contribution in [0.3, 0.4) is 0 Å². The minimum Gasteiger partial charge on any atom is -0.497 e. The minimum atomic E-state index is -0.116. The molecule has 1 aromatic carbocycles. The van der Waals surface area contributed by atoms with Crippen LogP contribution in [0.5, 0.6) is 5.75 Å². The maximum Gasteiger partial charge on any atom is 0.119 e. The lowest BCUT2D eigenvalue weighted by Gasteiger charge is -2.25. The Morgan fingerprint density at radius 1 is 1.50 bits per heavy atom. The summed E-state index contributed by atoms with van der Waals surface area (Å²) in [6, 6.07) is 5.84. The van der Waals surface area contributed by atoms with Gasteiger partial charge in [0, 0.05) is 11.3 Å². The van der Waals surface area contributed by atoms with Crippen molar-refractivity contribution in [2.24, 2.45) is 0 Å². The summed E-state index contributed by atoms with van der Waals surface area (Å²) in [5.74, 6) is 7.39. The van der Waals surface area contributed by atoms with E-state index in [4.69, 9.17) is 14.6 Å². The molecule has 4 heteroatoms. The average Bonchev–Trinajstić information content (AvgIpc) is 2.35. The Morgan fingerprint density at radius 2 is 2.33 bits per heavy atom. The fourth-order valence-electron chi connectivity index (χ4n) is 1.59. The van der Waals surface area contributed by atoms with Gasteiger partial charge in [-0.15, -0.1) is 11.8 Å². The molecule has 0 radical (unpaired) electrons. The zero-order valence-electron chi connectivity index (χ0n) is 10.3. The lowest BCUT2D eigenvalue weighted by Crippen LogP contribution is -2.30. The fourth-order valence-corrected chi connectivity index (χ4v) is 2.63. The third-order valence-electron chi connectivity index (χ3n) is 2.70. The maximum absolute atomic E-state index is 8.76. The monoisotopic (exact) mass is 264 g/mol. The van der Waals surface area contributed by atoms with Gasteiger partial charge in [-0.05, 0) is 23.8 Å². The molecule has 0 aliphatic carbocycles. The number of thioether (sulfide) groups is 1. The van der Waals surface area contributed by atoms with E-state index < -0.39 is 0 Å². The average molecular weight is 264 g/mol. The first kappa shape index (κ1) is 13.3. The summed E-state index contributed by atoms with van der Waals surface area (Å²) in [7, 11) is 1.66. The quantitative estimate of drug-likeness (QED) is 0.840. The molecule has 0 bridgehead atoms. The van der Waals surface area contributed by atoms with Gasteiger partial charge in [0.25, 0.3) is 0 Å². The number of aliphatic hydroxyl groups is 1. The second kappa shape index (κ2) is 6.69. The SMILES string of the molecule is COc1ccc(C#CCO)c(CSC2COC2)c1. The van der Waals surface area contributed by atoms with E-state index in [2.05, 4.69) is 11.8 Å². The van der Waals surface area contributed by atoms with Gasteiger partial charge in [0.1, 0.15) is 12.4 Å². The number of methoxy groups -OCH3 is 1. The molecule has 1 aliphatic heterocycles. The molecule has 1 aliphatic rings. The first-order chi connectivity index (χ1) is 8.83. The molecule has 0 unspecified atom stereocenters. The molecule has 1 heterocycles. The summed E-state index contributed by atoms with van der Waals surface area (Å²) in [4.78, 5) is 0. The molecule has 2 rings (SSSR count). The summed E-state index contributed by atoms with van der Waals surface area (Å²) >= 11 is 1.87. The minimum absolute atomic E-state index is 0.116. The van der Waals surface area contributed by atoms with Crippen LogP contribution in [0.15, 0.2) is 18.2 Å². The molecule has 3 nitrogen and oxygen atoms in total. The smallest absolute Gasteiger partial charge is 0.119 e. The van der Waals surface area contributed by atoms with Crippen LogP contribution >= 0.6 is 11.8 Å². The number of rotatable bonds is 4. The van der Waals surface area contributed by atoms with Gasteiger partial charge in [-0.2, -0.15) is 0 Å². The molecule has 1 saturated heterocycles. The van der Waals surface area contributed by atoms with Gasteiger partial charge in [-0.3, -0.25) is 0 Å². The van der Waals surface area contributed by atoms with Crippen LogP contribution in [0.1, 0.15) is 11.1 Å². The summed E-state index contributed by atoms with van der Waals surface area (Å²) in [6.45, 7) is 1.56. The van der Waals surface area contributed by atoms with Crippen molar-refractivity contribution in [3.05, 3.63) is 29.3 Å². The molecular formula is C14H16O3S. The Labute approximate surface area is 111 Å².